The van der Waals surface area contributed by atoms with Crippen LogP contribution < -0.4 is 4.74 Å². The Balaban J connectivity index is 2.53. The first-order chi connectivity index (χ1) is 10.8. The van der Waals surface area contributed by atoms with E-state index in [2.05, 4.69) is 0 Å². The Morgan fingerprint density at radius 2 is 1.83 bits per heavy atom. The number of para-hydroxylation sites is 1. The summed E-state index contributed by atoms with van der Waals surface area (Å²) in [5, 5.41) is 9.35. The molecule has 0 saturated carbocycles. The van der Waals surface area contributed by atoms with Crippen molar-refractivity contribution < 1.29 is 14.6 Å². The maximum Gasteiger partial charge on any atom is 0.341 e. The van der Waals surface area contributed by atoms with E-state index < -0.39 is 12.0 Å². The summed E-state index contributed by atoms with van der Waals surface area (Å²) in [5.41, 5.74) is 1.15. The van der Waals surface area contributed by atoms with Gasteiger partial charge in [-0.2, -0.15) is 0 Å². The quantitative estimate of drug-likeness (QED) is 0.237. The van der Waals surface area contributed by atoms with E-state index in [0.29, 0.717) is 23.8 Å². The molecule has 1 aromatic carbocycles. The van der Waals surface area contributed by atoms with Crippen molar-refractivity contribution in [3.63, 3.8) is 0 Å². The van der Waals surface area contributed by atoms with E-state index >= 15 is 0 Å². The summed E-state index contributed by atoms with van der Waals surface area (Å²) in [6.07, 6.45) is 5.73. The summed E-state index contributed by atoms with van der Waals surface area (Å²) < 4.78 is 5.24. The molecule has 0 saturated heterocycles. The zero-order valence-electron chi connectivity index (χ0n) is 13.0. The molecule has 0 spiro atoms. The Kier molecular flexibility index (Phi) is 9.06. The molecule has 0 unspecified atom stereocenters. The fourth-order valence-electron chi connectivity index (χ4n) is 2.21. The summed E-state index contributed by atoms with van der Waals surface area (Å²) >= 11 is 17.5. The highest BCUT2D eigenvalue weighted by Gasteiger charge is 2.23. The average Bonchev–Trinajstić information content (AvgIpc) is 2.48. The fraction of sp³-hybridized carbons (Fsp3) is 0.438. The van der Waals surface area contributed by atoms with E-state index in [9.17, 15) is 9.90 Å². The molecule has 3 nitrogen and oxygen atoms in total. The van der Waals surface area contributed by atoms with Crippen LogP contribution in [0.3, 0.4) is 0 Å². The highest BCUT2D eigenvalue weighted by molar-refractivity contribution is 7.64. The Hall–Kier alpha value is -0.683. The minimum absolute atomic E-state index is 0.380. The highest BCUT2D eigenvalue weighted by Crippen LogP contribution is 2.28. The lowest BCUT2D eigenvalue weighted by Crippen LogP contribution is -2.07. The molecule has 23 heavy (non-hydrogen) atoms. The molecule has 128 valence electrons. The lowest BCUT2D eigenvalue weighted by molar-refractivity contribution is -0.132. The molecule has 1 rings (SSSR count). The van der Waals surface area contributed by atoms with Gasteiger partial charge < -0.3 is 9.84 Å². The van der Waals surface area contributed by atoms with Gasteiger partial charge in [0.15, 0.2) is 0 Å². The van der Waals surface area contributed by atoms with Crippen molar-refractivity contribution in [3.05, 3.63) is 35.4 Å². The van der Waals surface area contributed by atoms with Crippen LogP contribution in [0.2, 0.25) is 6.04 Å². The van der Waals surface area contributed by atoms with Crippen molar-refractivity contribution >= 4 is 51.3 Å². The fourth-order valence-corrected chi connectivity index (χ4v) is 4.06. The van der Waals surface area contributed by atoms with Gasteiger partial charge in [0, 0.05) is 11.1 Å². The molecule has 1 N–H and O–H groups in total. The van der Waals surface area contributed by atoms with Crippen molar-refractivity contribution in [2.45, 2.75) is 38.1 Å². The molecule has 0 radical (unpaired) electrons. The van der Waals surface area contributed by atoms with Gasteiger partial charge in [0.25, 0.3) is 0 Å². The number of carbonyl (C=O) groups is 1. The van der Waals surface area contributed by atoms with Gasteiger partial charge in [0.05, 0.1) is 7.11 Å². The van der Waals surface area contributed by atoms with E-state index in [-0.39, 0.29) is 0 Å². The molecular formula is C16H21Cl3O3Si. The SMILES string of the molecule is COc1ccccc1/C=C(\CCCCCC[Si](Cl)(Cl)Cl)C(=O)O. The second-order valence-corrected chi connectivity index (χ2v) is 14.5. The number of halogens is 3. The summed E-state index contributed by atoms with van der Waals surface area (Å²) in [7, 11) is 1.57. The van der Waals surface area contributed by atoms with Gasteiger partial charge in [-0.3, -0.25) is 0 Å². The molecule has 0 aromatic heterocycles. The van der Waals surface area contributed by atoms with Crippen LogP contribution in [0.15, 0.2) is 29.8 Å². The number of unbranched alkanes of at least 4 members (excludes halogenated alkanes) is 3. The maximum absolute atomic E-state index is 11.4. The van der Waals surface area contributed by atoms with Gasteiger partial charge >= 0.3 is 12.0 Å². The van der Waals surface area contributed by atoms with Gasteiger partial charge in [-0.25, -0.2) is 4.79 Å². The van der Waals surface area contributed by atoms with Gasteiger partial charge in [-0.1, -0.05) is 37.5 Å². The summed E-state index contributed by atoms with van der Waals surface area (Å²) in [6.45, 7) is 0. The zero-order valence-corrected chi connectivity index (χ0v) is 16.3. The molecule has 0 atom stereocenters. The first-order valence-corrected chi connectivity index (χ1v) is 12.7. The number of methoxy groups -OCH3 is 1. The number of aliphatic carboxylic acids is 1. The van der Waals surface area contributed by atoms with Crippen LogP contribution >= 0.6 is 33.2 Å². The Morgan fingerprint density at radius 3 is 2.43 bits per heavy atom. The first-order valence-electron chi connectivity index (χ1n) is 7.47. The van der Waals surface area contributed by atoms with Crippen LogP contribution in [-0.2, 0) is 4.79 Å². The first kappa shape index (κ1) is 20.4. The zero-order chi connectivity index (χ0) is 17.3. The van der Waals surface area contributed by atoms with Crippen LogP contribution in [0.25, 0.3) is 6.08 Å². The van der Waals surface area contributed by atoms with Crippen molar-refractivity contribution in [2.24, 2.45) is 0 Å². The molecule has 0 bridgehead atoms. The van der Waals surface area contributed by atoms with E-state index in [0.717, 1.165) is 31.2 Å². The van der Waals surface area contributed by atoms with Gasteiger partial charge in [0.1, 0.15) is 5.75 Å². The van der Waals surface area contributed by atoms with Gasteiger partial charge in [-0.15, -0.1) is 33.2 Å². The summed E-state index contributed by atoms with van der Waals surface area (Å²) in [6, 6.07) is 5.49. The van der Waals surface area contributed by atoms with Crippen molar-refractivity contribution in [2.75, 3.05) is 7.11 Å². The van der Waals surface area contributed by atoms with Crippen LogP contribution in [0.5, 0.6) is 5.75 Å². The third kappa shape index (κ3) is 8.65. The number of benzene rings is 1. The minimum atomic E-state index is -2.52. The standard InChI is InChI=1S/C16H21Cl3O3Si/c1-22-15-10-6-5-8-13(15)12-14(16(20)21)9-4-2-3-7-11-23(17,18)19/h5-6,8,10,12H,2-4,7,9,11H2,1H3,(H,20,21)/b14-12+. The predicted molar refractivity (Wildman–Crippen MR) is 99.8 cm³/mol. The molecule has 0 aliphatic rings. The minimum Gasteiger partial charge on any atom is -0.496 e. The second-order valence-electron chi connectivity index (χ2n) is 5.25. The summed E-state index contributed by atoms with van der Waals surface area (Å²) in [5.74, 6) is -0.233. The predicted octanol–water partition coefficient (Wildman–Crippen LogP) is 5.77. The van der Waals surface area contributed by atoms with Crippen LogP contribution in [0.1, 0.15) is 37.7 Å². The molecule has 0 heterocycles. The number of ether oxygens (including phenoxy) is 1. The van der Waals surface area contributed by atoms with E-state index in [4.69, 9.17) is 38.0 Å². The monoisotopic (exact) mass is 394 g/mol. The molecule has 0 amide bonds. The number of rotatable bonds is 10. The smallest absolute Gasteiger partial charge is 0.341 e. The number of hydrogen-bond donors (Lipinski definition) is 1. The topological polar surface area (TPSA) is 46.5 Å². The average molecular weight is 396 g/mol. The molecule has 0 fully saturated rings. The molecule has 7 heteroatoms. The van der Waals surface area contributed by atoms with Gasteiger partial charge in [-0.05, 0) is 31.0 Å². The highest BCUT2D eigenvalue weighted by atomic mass is 35.8. The number of carboxylic acids is 1. The number of hydrogen-bond acceptors (Lipinski definition) is 2. The lowest BCUT2D eigenvalue weighted by atomic mass is 10.0. The molecule has 0 aliphatic carbocycles. The van der Waals surface area contributed by atoms with Crippen molar-refractivity contribution in [1.82, 2.24) is 0 Å². The van der Waals surface area contributed by atoms with E-state index in [1.165, 1.54) is 0 Å². The van der Waals surface area contributed by atoms with Gasteiger partial charge in [0.2, 0.25) is 0 Å². The van der Waals surface area contributed by atoms with Crippen molar-refractivity contribution in [1.29, 1.82) is 0 Å². The number of carboxylic acid groups (broad SMARTS) is 1. The summed E-state index contributed by atoms with van der Waals surface area (Å²) in [4.78, 5) is 11.4. The Morgan fingerprint density at radius 1 is 1.17 bits per heavy atom. The maximum atomic E-state index is 11.4. The molecule has 0 aliphatic heterocycles. The van der Waals surface area contributed by atoms with Crippen LogP contribution in [-0.4, -0.2) is 24.2 Å². The van der Waals surface area contributed by atoms with E-state index in [1.807, 2.05) is 24.3 Å². The normalized spacial score (nSPS) is 12.3. The van der Waals surface area contributed by atoms with Crippen molar-refractivity contribution in [3.8, 4) is 5.75 Å². The van der Waals surface area contributed by atoms with Crippen LogP contribution in [0, 0.1) is 0 Å². The largest absolute Gasteiger partial charge is 0.496 e. The lowest BCUT2D eigenvalue weighted by Gasteiger charge is -2.08. The van der Waals surface area contributed by atoms with Crippen LogP contribution in [0.4, 0.5) is 0 Å². The molecular weight excluding hydrogens is 375 g/mol. The second kappa shape index (κ2) is 10.2. The van der Waals surface area contributed by atoms with E-state index in [1.54, 1.807) is 13.2 Å². The Bertz CT molecular complexity index is 542. The third-order valence-corrected chi connectivity index (χ3v) is 6.02. The third-order valence-electron chi connectivity index (χ3n) is 3.40. The molecule has 1 aromatic rings. The Labute approximate surface area is 152 Å².